The highest BCUT2D eigenvalue weighted by atomic mass is 32.2. The number of methoxy groups -OCH3 is 1. The van der Waals surface area contributed by atoms with Gasteiger partial charge in [0, 0.05) is 27.4 Å². The zero-order valence-corrected chi connectivity index (χ0v) is 17.8. The number of aryl methyl sites for hydroxylation is 1. The Morgan fingerprint density at radius 3 is 2.63 bits per heavy atom. The molecular formula is C20H17N4O4S2-. The van der Waals surface area contributed by atoms with E-state index in [2.05, 4.69) is 11.1 Å². The van der Waals surface area contributed by atoms with Crippen LogP contribution in [0.5, 0.6) is 5.75 Å². The standard InChI is InChI=1S/C20H18N4O4S2/c1-13-18(19(25)23-30(26)27)22-20(29-13)24(16-9-7-14(11-21)8-10-16)12-15-5-3-4-6-17(15)28-2/h3-10H,12H2,1-2H3,(H,23,25)(H,26,27)/p-1. The number of anilines is 2. The Balaban J connectivity index is 2.04. The molecule has 0 spiro atoms. The van der Waals surface area contributed by atoms with E-state index in [-0.39, 0.29) is 5.69 Å². The molecular weight excluding hydrogens is 424 g/mol. The van der Waals surface area contributed by atoms with Crippen molar-refractivity contribution in [3.8, 4) is 11.8 Å². The first-order valence-electron chi connectivity index (χ1n) is 8.70. The van der Waals surface area contributed by atoms with Crippen molar-refractivity contribution < 1.29 is 18.3 Å². The number of hydrogen-bond acceptors (Lipinski definition) is 8. The third-order valence-corrected chi connectivity index (χ3v) is 5.58. The predicted octanol–water partition coefficient (Wildman–Crippen LogP) is 3.19. The number of nitrogens with zero attached hydrogens (tertiary/aromatic N) is 3. The van der Waals surface area contributed by atoms with Crippen molar-refractivity contribution >= 4 is 39.3 Å². The van der Waals surface area contributed by atoms with Gasteiger partial charge in [-0.15, -0.1) is 11.3 Å². The fourth-order valence-electron chi connectivity index (χ4n) is 2.82. The van der Waals surface area contributed by atoms with E-state index in [4.69, 9.17) is 10.00 Å². The molecule has 0 saturated heterocycles. The fourth-order valence-corrected chi connectivity index (χ4v) is 4.00. The number of rotatable bonds is 7. The van der Waals surface area contributed by atoms with Gasteiger partial charge >= 0.3 is 0 Å². The minimum Gasteiger partial charge on any atom is -0.755 e. The molecule has 0 bridgehead atoms. The van der Waals surface area contributed by atoms with E-state index in [0.717, 1.165) is 11.3 Å². The number of amides is 1. The number of nitriles is 1. The number of benzene rings is 2. The lowest BCUT2D eigenvalue weighted by molar-refractivity contribution is 0.0976. The van der Waals surface area contributed by atoms with Gasteiger partial charge in [-0.25, -0.2) is 4.98 Å². The van der Waals surface area contributed by atoms with Crippen LogP contribution in [0.15, 0.2) is 48.5 Å². The van der Waals surface area contributed by atoms with Crippen molar-refractivity contribution in [3.63, 3.8) is 0 Å². The summed E-state index contributed by atoms with van der Waals surface area (Å²) >= 11 is -1.46. The second-order valence-corrected chi connectivity index (χ2v) is 7.98. The number of para-hydroxylation sites is 1. The highest BCUT2D eigenvalue weighted by Crippen LogP contribution is 2.34. The smallest absolute Gasteiger partial charge is 0.281 e. The molecule has 8 nitrogen and oxygen atoms in total. The summed E-state index contributed by atoms with van der Waals surface area (Å²) in [6.07, 6.45) is 0. The van der Waals surface area contributed by atoms with Crippen molar-refractivity contribution in [2.45, 2.75) is 13.5 Å². The lowest BCUT2D eigenvalue weighted by Crippen LogP contribution is -2.26. The van der Waals surface area contributed by atoms with Crippen LogP contribution in [-0.4, -0.2) is 26.8 Å². The Kier molecular flexibility index (Phi) is 6.79. The van der Waals surface area contributed by atoms with Crippen molar-refractivity contribution in [2.75, 3.05) is 12.0 Å². The number of hydrogen-bond donors (Lipinski definition) is 1. The van der Waals surface area contributed by atoms with E-state index in [1.807, 2.05) is 33.9 Å². The summed E-state index contributed by atoms with van der Waals surface area (Å²) in [6.45, 7) is 2.08. The van der Waals surface area contributed by atoms with Crippen LogP contribution in [0, 0.1) is 18.3 Å². The van der Waals surface area contributed by atoms with Crippen LogP contribution in [0.1, 0.15) is 26.5 Å². The molecule has 0 saturated carbocycles. The van der Waals surface area contributed by atoms with Gasteiger partial charge in [0.2, 0.25) is 0 Å². The van der Waals surface area contributed by atoms with E-state index in [1.165, 1.54) is 11.3 Å². The van der Waals surface area contributed by atoms with Crippen LogP contribution in [0.2, 0.25) is 0 Å². The second-order valence-electron chi connectivity index (χ2n) is 6.12. The van der Waals surface area contributed by atoms with Gasteiger partial charge in [0.1, 0.15) is 11.4 Å². The quantitative estimate of drug-likeness (QED) is 0.559. The average Bonchev–Trinajstić information content (AvgIpc) is 3.13. The Morgan fingerprint density at radius 1 is 1.30 bits per heavy atom. The Bertz CT molecular complexity index is 1120. The molecule has 1 atom stereocenters. The van der Waals surface area contributed by atoms with Crippen LogP contribution >= 0.6 is 11.3 Å². The summed E-state index contributed by atoms with van der Waals surface area (Å²) in [6, 6.07) is 16.6. The summed E-state index contributed by atoms with van der Waals surface area (Å²) in [5.74, 6) is -0.0930. The lowest BCUT2D eigenvalue weighted by atomic mass is 10.1. The lowest BCUT2D eigenvalue weighted by Gasteiger charge is -2.23. The zero-order chi connectivity index (χ0) is 21.7. The van der Waals surface area contributed by atoms with Crippen molar-refractivity contribution in [3.05, 3.63) is 70.2 Å². The number of ether oxygens (including phenoxy) is 1. The average molecular weight is 442 g/mol. The summed E-state index contributed by atoms with van der Waals surface area (Å²) in [4.78, 5) is 19.0. The SMILES string of the molecule is COc1ccccc1CN(c1ccc(C#N)cc1)c1nc(C(=O)NS(=O)[O-])c(C)s1. The van der Waals surface area contributed by atoms with E-state index in [0.29, 0.717) is 27.9 Å². The highest BCUT2D eigenvalue weighted by molar-refractivity contribution is 7.77. The third kappa shape index (κ3) is 4.83. The van der Waals surface area contributed by atoms with Crippen LogP contribution < -0.4 is 14.4 Å². The summed E-state index contributed by atoms with van der Waals surface area (Å²) in [5.41, 5.74) is 2.21. The largest absolute Gasteiger partial charge is 0.755 e. The van der Waals surface area contributed by atoms with E-state index >= 15 is 0 Å². The van der Waals surface area contributed by atoms with Gasteiger partial charge in [0.25, 0.3) is 5.91 Å². The van der Waals surface area contributed by atoms with Crippen LogP contribution in [0.25, 0.3) is 0 Å². The highest BCUT2D eigenvalue weighted by Gasteiger charge is 2.21. The molecule has 10 heteroatoms. The second kappa shape index (κ2) is 9.49. The molecule has 3 rings (SSSR count). The van der Waals surface area contributed by atoms with Crippen LogP contribution in [0.4, 0.5) is 10.8 Å². The molecule has 0 radical (unpaired) electrons. The Morgan fingerprint density at radius 2 is 2.00 bits per heavy atom. The molecule has 1 unspecified atom stereocenters. The molecule has 1 amide bonds. The molecule has 0 aliphatic heterocycles. The van der Waals surface area contributed by atoms with Crippen molar-refractivity contribution in [2.24, 2.45) is 0 Å². The molecule has 30 heavy (non-hydrogen) atoms. The summed E-state index contributed by atoms with van der Waals surface area (Å²) < 4.78 is 28.9. The molecule has 1 heterocycles. The zero-order valence-electron chi connectivity index (χ0n) is 16.1. The number of aromatic nitrogens is 1. The van der Waals surface area contributed by atoms with Gasteiger partial charge in [-0.2, -0.15) is 5.26 Å². The molecule has 0 aliphatic rings. The van der Waals surface area contributed by atoms with Crippen molar-refractivity contribution in [1.29, 1.82) is 5.26 Å². The minimum absolute atomic E-state index is 0.0397. The number of carbonyl (C=O) groups is 1. The molecule has 3 aromatic rings. The number of nitrogens with one attached hydrogen (secondary N) is 1. The molecule has 2 aromatic carbocycles. The molecule has 0 aliphatic carbocycles. The minimum atomic E-state index is -2.73. The fraction of sp³-hybridized carbons (Fsp3) is 0.150. The van der Waals surface area contributed by atoms with Gasteiger partial charge in [0.15, 0.2) is 5.13 Å². The van der Waals surface area contributed by atoms with Gasteiger partial charge < -0.3 is 14.2 Å². The maximum Gasteiger partial charge on any atom is 0.281 e. The molecule has 154 valence electrons. The summed E-state index contributed by atoms with van der Waals surface area (Å²) in [5, 5.41) is 9.58. The number of thiazole rings is 1. The Hall–Kier alpha value is -3.26. The van der Waals surface area contributed by atoms with Crippen LogP contribution in [0.3, 0.4) is 0 Å². The first-order valence-corrected chi connectivity index (χ1v) is 10.6. The summed E-state index contributed by atoms with van der Waals surface area (Å²) in [7, 11) is 1.59. The third-order valence-electron chi connectivity index (χ3n) is 4.24. The maximum absolute atomic E-state index is 12.2. The Labute approximate surface area is 180 Å². The monoisotopic (exact) mass is 441 g/mol. The maximum atomic E-state index is 12.2. The molecule has 0 fully saturated rings. The predicted molar refractivity (Wildman–Crippen MR) is 113 cm³/mol. The normalized spacial score (nSPS) is 11.4. The van der Waals surface area contributed by atoms with Gasteiger partial charge in [-0.1, -0.05) is 18.2 Å². The molecule has 1 aromatic heterocycles. The van der Waals surface area contributed by atoms with E-state index < -0.39 is 17.2 Å². The van der Waals surface area contributed by atoms with Gasteiger partial charge in [-0.05, 0) is 37.3 Å². The first-order chi connectivity index (χ1) is 14.4. The van der Waals surface area contributed by atoms with Crippen molar-refractivity contribution in [1.82, 2.24) is 9.71 Å². The molecule has 1 N–H and O–H groups in total. The van der Waals surface area contributed by atoms with Gasteiger partial charge in [0.05, 0.1) is 25.3 Å². The van der Waals surface area contributed by atoms with E-state index in [1.54, 1.807) is 38.3 Å². The topological polar surface area (TPSA) is 118 Å². The number of carbonyl (C=O) groups excluding carboxylic acids is 1. The van der Waals surface area contributed by atoms with Crippen LogP contribution in [-0.2, 0) is 17.8 Å². The first kappa shape index (κ1) is 21.4. The van der Waals surface area contributed by atoms with E-state index in [9.17, 15) is 13.6 Å². The van der Waals surface area contributed by atoms with Gasteiger partial charge in [-0.3, -0.25) is 13.7 Å².